The molecule has 0 unspecified atom stereocenters. The molecule has 0 aliphatic rings. The lowest BCUT2D eigenvalue weighted by Gasteiger charge is -2.17. The number of halogens is 1. The summed E-state index contributed by atoms with van der Waals surface area (Å²) in [6.45, 7) is 0.992. The van der Waals surface area contributed by atoms with Crippen molar-refractivity contribution >= 4 is 21.8 Å². The fourth-order valence-electron chi connectivity index (χ4n) is 1.67. The van der Waals surface area contributed by atoms with Gasteiger partial charge in [0.25, 0.3) is 0 Å². The van der Waals surface area contributed by atoms with Gasteiger partial charge in [0.1, 0.15) is 0 Å². The van der Waals surface area contributed by atoms with E-state index in [0.29, 0.717) is 6.42 Å². The Bertz CT molecular complexity index is 365. The van der Waals surface area contributed by atoms with Crippen LogP contribution in [0.5, 0.6) is 0 Å². The molecule has 1 rings (SSSR count). The molecule has 0 fully saturated rings. The average Bonchev–Trinajstić information content (AvgIpc) is 2.37. The maximum Gasteiger partial charge on any atom is 0.226 e. The Balaban J connectivity index is 2.33. The minimum atomic E-state index is 0.140. The van der Waals surface area contributed by atoms with E-state index < -0.39 is 0 Å². The van der Waals surface area contributed by atoms with Gasteiger partial charge in [0.05, 0.1) is 6.42 Å². The number of carbonyl (C=O) groups is 1. The summed E-state index contributed by atoms with van der Waals surface area (Å²) < 4.78 is 1.02. The number of rotatable bonds is 7. The van der Waals surface area contributed by atoms with Crippen molar-refractivity contribution in [3.05, 3.63) is 34.3 Å². The van der Waals surface area contributed by atoms with Crippen LogP contribution in [-0.2, 0) is 11.2 Å². The molecule has 1 amide bonds. The van der Waals surface area contributed by atoms with Crippen molar-refractivity contribution in [3.63, 3.8) is 0 Å². The number of likely N-dealkylation sites (N-methyl/N-ethyl adjacent to an activating group) is 1. The fourth-order valence-corrected chi connectivity index (χ4v) is 1.94. The van der Waals surface area contributed by atoms with Crippen LogP contribution in [0.3, 0.4) is 0 Å². The van der Waals surface area contributed by atoms with Crippen LogP contribution in [0, 0.1) is 0 Å². The highest BCUT2D eigenvalue weighted by molar-refractivity contribution is 9.10. The minimum absolute atomic E-state index is 0.140. The quantitative estimate of drug-likeness (QED) is 0.786. The van der Waals surface area contributed by atoms with Crippen molar-refractivity contribution in [2.45, 2.75) is 25.7 Å². The maximum absolute atomic E-state index is 11.9. The van der Waals surface area contributed by atoms with Gasteiger partial charge in [-0.3, -0.25) is 4.79 Å². The molecule has 0 bridgehead atoms. The summed E-state index contributed by atoms with van der Waals surface area (Å²) in [5, 5.41) is 8.67. The van der Waals surface area contributed by atoms with Gasteiger partial charge in [0, 0.05) is 24.7 Å². The minimum Gasteiger partial charge on any atom is -0.396 e. The zero-order valence-corrected chi connectivity index (χ0v) is 12.3. The molecule has 18 heavy (non-hydrogen) atoms. The number of benzene rings is 1. The van der Waals surface area contributed by atoms with Gasteiger partial charge in [-0.1, -0.05) is 28.1 Å². The molecule has 0 aliphatic carbocycles. The van der Waals surface area contributed by atoms with Crippen molar-refractivity contribution in [2.75, 3.05) is 20.2 Å². The van der Waals surface area contributed by atoms with E-state index in [1.54, 1.807) is 4.90 Å². The van der Waals surface area contributed by atoms with Crippen LogP contribution in [0.2, 0.25) is 0 Å². The second kappa shape index (κ2) is 8.27. The van der Waals surface area contributed by atoms with Crippen LogP contribution in [0.25, 0.3) is 0 Å². The van der Waals surface area contributed by atoms with Crippen molar-refractivity contribution in [1.29, 1.82) is 0 Å². The van der Waals surface area contributed by atoms with E-state index in [2.05, 4.69) is 15.9 Å². The number of hydrogen-bond donors (Lipinski definition) is 1. The monoisotopic (exact) mass is 313 g/mol. The molecule has 1 N–H and O–H groups in total. The van der Waals surface area contributed by atoms with Crippen molar-refractivity contribution in [2.24, 2.45) is 0 Å². The summed E-state index contributed by atoms with van der Waals surface area (Å²) in [7, 11) is 1.83. The number of unbranched alkanes of at least 4 members (excludes halogenated alkanes) is 2. The Kier molecular flexibility index (Phi) is 6.98. The number of amides is 1. The summed E-state index contributed by atoms with van der Waals surface area (Å²) in [6, 6.07) is 7.82. The Labute approximate surface area is 117 Å². The first-order valence-corrected chi connectivity index (χ1v) is 7.02. The number of carbonyl (C=O) groups excluding carboxylic acids is 1. The van der Waals surface area contributed by atoms with Gasteiger partial charge in [-0.15, -0.1) is 0 Å². The summed E-state index contributed by atoms with van der Waals surface area (Å²) >= 11 is 3.37. The number of nitrogens with zero attached hydrogens (tertiary/aromatic N) is 1. The molecule has 1 aromatic rings. The normalized spacial score (nSPS) is 10.4. The first-order chi connectivity index (χ1) is 8.63. The van der Waals surface area contributed by atoms with Crippen LogP contribution < -0.4 is 0 Å². The van der Waals surface area contributed by atoms with Gasteiger partial charge >= 0.3 is 0 Å². The lowest BCUT2D eigenvalue weighted by atomic mass is 10.1. The van der Waals surface area contributed by atoms with E-state index in [0.717, 1.165) is 35.8 Å². The van der Waals surface area contributed by atoms with Gasteiger partial charge in [0.15, 0.2) is 0 Å². The molecule has 100 valence electrons. The highest BCUT2D eigenvalue weighted by Gasteiger charge is 2.08. The standard InChI is InChI=1S/C14H20BrNO2/c1-16(9-3-2-4-10-17)14(18)11-12-5-7-13(15)8-6-12/h5-8,17H,2-4,9-11H2,1H3. The van der Waals surface area contributed by atoms with Crippen molar-refractivity contribution in [3.8, 4) is 0 Å². The molecule has 0 saturated heterocycles. The van der Waals surface area contributed by atoms with Gasteiger partial charge < -0.3 is 10.0 Å². The number of aliphatic hydroxyl groups is 1. The van der Waals surface area contributed by atoms with Crippen LogP contribution in [-0.4, -0.2) is 36.1 Å². The third-order valence-electron chi connectivity index (χ3n) is 2.85. The predicted octanol–water partition coefficient (Wildman–Crippen LogP) is 2.61. The molecule has 0 heterocycles. The third kappa shape index (κ3) is 5.65. The highest BCUT2D eigenvalue weighted by Crippen LogP contribution is 2.11. The van der Waals surface area contributed by atoms with Gasteiger partial charge in [-0.2, -0.15) is 0 Å². The molecular weight excluding hydrogens is 294 g/mol. The van der Waals surface area contributed by atoms with Gasteiger partial charge in [0.2, 0.25) is 5.91 Å². The van der Waals surface area contributed by atoms with E-state index in [4.69, 9.17) is 5.11 Å². The second-order valence-corrected chi connectivity index (χ2v) is 5.32. The zero-order valence-electron chi connectivity index (χ0n) is 10.7. The molecule has 0 spiro atoms. The van der Waals surface area contributed by atoms with E-state index >= 15 is 0 Å². The molecule has 0 atom stereocenters. The Morgan fingerprint density at radius 1 is 1.22 bits per heavy atom. The first kappa shape index (κ1) is 15.2. The Hall–Kier alpha value is -0.870. The van der Waals surface area contributed by atoms with Crippen LogP contribution in [0.15, 0.2) is 28.7 Å². The third-order valence-corrected chi connectivity index (χ3v) is 3.37. The largest absolute Gasteiger partial charge is 0.396 e. The van der Waals surface area contributed by atoms with E-state index in [-0.39, 0.29) is 12.5 Å². The van der Waals surface area contributed by atoms with E-state index in [1.165, 1.54) is 0 Å². The fraction of sp³-hybridized carbons (Fsp3) is 0.500. The molecule has 3 nitrogen and oxygen atoms in total. The molecule has 1 aromatic carbocycles. The Morgan fingerprint density at radius 2 is 1.89 bits per heavy atom. The molecule has 0 aromatic heterocycles. The summed E-state index contributed by atoms with van der Waals surface area (Å²) in [5.74, 6) is 0.140. The van der Waals surface area contributed by atoms with Crippen LogP contribution >= 0.6 is 15.9 Å². The predicted molar refractivity (Wildman–Crippen MR) is 76.4 cm³/mol. The summed E-state index contributed by atoms with van der Waals surface area (Å²) in [4.78, 5) is 13.7. The van der Waals surface area contributed by atoms with Gasteiger partial charge in [-0.05, 0) is 37.0 Å². The lowest BCUT2D eigenvalue weighted by Crippen LogP contribution is -2.29. The van der Waals surface area contributed by atoms with Crippen LogP contribution in [0.4, 0.5) is 0 Å². The first-order valence-electron chi connectivity index (χ1n) is 6.22. The van der Waals surface area contributed by atoms with Gasteiger partial charge in [-0.25, -0.2) is 0 Å². The highest BCUT2D eigenvalue weighted by atomic mass is 79.9. The topological polar surface area (TPSA) is 40.5 Å². The smallest absolute Gasteiger partial charge is 0.226 e. The zero-order chi connectivity index (χ0) is 13.4. The summed E-state index contributed by atoms with van der Waals surface area (Å²) in [6.07, 6.45) is 3.17. The molecule has 0 saturated carbocycles. The van der Waals surface area contributed by atoms with Crippen molar-refractivity contribution in [1.82, 2.24) is 4.90 Å². The molecule has 0 radical (unpaired) electrons. The second-order valence-electron chi connectivity index (χ2n) is 4.40. The molecular formula is C14H20BrNO2. The van der Waals surface area contributed by atoms with Crippen LogP contribution in [0.1, 0.15) is 24.8 Å². The SMILES string of the molecule is CN(CCCCCO)C(=O)Cc1ccc(Br)cc1. The Morgan fingerprint density at radius 3 is 2.50 bits per heavy atom. The van der Waals surface area contributed by atoms with Crippen molar-refractivity contribution < 1.29 is 9.90 Å². The molecule has 0 aliphatic heterocycles. The van der Waals surface area contributed by atoms with E-state index in [1.807, 2.05) is 31.3 Å². The maximum atomic E-state index is 11.9. The lowest BCUT2D eigenvalue weighted by molar-refractivity contribution is -0.129. The van der Waals surface area contributed by atoms with E-state index in [9.17, 15) is 4.79 Å². The number of hydrogen-bond acceptors (Lipinski definition) is 2. The molecule has 4 heteroatoms. The summed E-state index contributed by atoms with van der Waals surface area (Å²) in [5.41, 5.74) is 1.03. The number of aliphatic hydroxyl groups excluding tert-OH is 1. The average molecular weight is 314 g/mol.